The zero-order valence-corrected chi connectivity index (χ0v) is 20.5. The first-order chi connectivity index (χ1) is 17.2. The van der Waals surface area contributed by atoms with Gasteiger partial charge in [0.25, 0.3) is 0 Å². The Morgan fingerprint density at radius 1 is 0.943 bits per heavy atom. The molecule has 2 aromatic carbocycles. The molecule has 1 aromatic heterocycles. The summed E-state index contributed by atoms with van der Waals surface area (Å²) in [6.07, 6.45) is 17.8. The molecule has 2 heterocycles. The van der Waals surface area contributed by atoms with E-state index in [-0.39, 0.29) is 11.5 Å². The van der Waals surface area contributed by atoms with Crippen LogP contribution >= 0.6 is 11.3 Å². The average Bonchev–Trinajstić information content (AvgIpc) is 3.23. The van der Waals surface area contributed by atoms with Crippen LogP contribution in [0.2, 0.25) is 0 Å². The summed E-state index contributed by atoms with van der Waals surface area (Å²) in [5.41, 5.74) is 2.25. The zero-order valence-electron chi connectivity index (χ0n) is 19.7. The first-order valence-corrected chi connectivity index (χ1v) is 13.0. The molecule has 5 heteroatoms. The van der Waals surface area contributed by atoms with Gasteiger partial charge in [-0.05, 0) is 74.0 Å². The minimum absolute atomic E-state index is 0.0345. The van der Waals surface area contributed by atoms with Crippen LogP contribution in [-0.2, 0) is 0 Å². The number of piperidine rings is 1. The van der Waals surface area contributed by atoms with Crippen LogP contribution in [0.3, 0.4) is 0 Å². The van der Waals surface area contributed by atoms with Crippen molar-refractivity contribution in [3.8, 4) is 11.5 Å². The van der Waals surface area contributed by atoms with Gasteiger partial charge in [-0.1, -0.05) is 49.0 Å². The number of aromatic hydroxyl groups is 1. The van der Waals surface area contributed by atoms with Gasteiger partial charge in [-0.25, -0.2) is 0 Å². The Kier molecular flexibility index (Phi) is 7.26. The lowest BCUT2D eigenvalue weighted by molar-refractivity contribution is 0.104. The third kappa shape index (κ3) is 5.47. The van der Waals surface area contributed by atoms with Gasteiger partial charge in [0.05, 0.1) is 0 Å². The van der Waals surface area contributed by atoms with Gasteiger partial charge >= 0.3 is 0 Å². The molecule has 0 unspecified atom stereocenters. The lowest BCUT2D eigenvalue weighted by atomic mass is 9.97. The van der Waals surface area contributed by atoms with Gasteiger partial charge in [0.2, 0.25) is 0 Å². The molecule has 1 N–H and O–H groups in total. The van der Waals surface area contributed by atoms with E-state index in [4.69, 9.17) is 4.74 Å². The fraction of sp³-hybridized carbons (Fsp3) is 0.233. The van der Waals surface area contributed by atoms with Crippen molar-refractivity contribution in [2.45, 2.75) is 19.3 Å². The largest absolute Gasteiger partial charge is 0.508 e. The summed E-state index contributed by atoms with van der Waals surface area (Å²) in [6.45, 7) is 3.90. The summed E-state index contributed by atoms with van der Waals surface area (Å²) in [5, 5.41) is 10.9. The minimum atomic E-state index is -0.0345. The number of ketones is 1. The molecule has 2 aliphatic rings. The maximum absolute atomic E-state index is 13.8. The molecule has 5 rings (SSSR count). The number of thiophene rings is 1. The van der Waals surface area contributed by atoms with Crippen LogP contribution < -0.4 is 4.74 Å². The lowest BCUT2D eigenvalue weighted by Crippen LogP contribution is -2.33. The van der Waals surface area contributed by atoms with Crippen LogP contribution in [0.25, 0.3) is 15.7 Å². The highest BCUT2D eigenvalue weighted by atomic mass is 32.1. The molecule has 1 fully saturated rings. The number of nitrogens with zero attached hydrogens (tertiary/aromatic N) is 1. The Balaban J connectivity index is 1.40. The number of carbonyl (C=O) groups is 1. The second-order valence-corrected chi connectivity index (χ2v) is 9.89. The van der Waals surface area contributed by atoms with Crippen molar-refractivity contribution in [2.24, 2.45) is 0 Å². The maximum atomic E-state index is 13.8. The fourth-order valence-electron chi connectivity index (χ4n) is 4.55. The van der Waals surface area contributed by atoms with Crippen LogP contribution in [0.4, 0.5) is 0 Å². The lowest BCUT2D eigenvalue weighted by Gasteiger charge is -2.26. The number of hydrogen-bond donors (Lipinski definition) is 1. The van der Waals surface area contributed by atoms with E-state index in [1.807, 2.05) is 72.9 Å². The monoisotopic (exact) mass is 483 g/mol. The quantitative estimate of drug-likeness (QED) is 0.377. The smallest absolute Gasteiger partial charge is 0.195 e. The molecule has 0 saturated carbocycles. The summed E-state index contributed by atoms with van der Waals surface area (Å²) in [7, 11) is 0. The summed E-state index contributed by atoms with van der Waals surface area (Å²) in [6, 6.07) is 12.6. The molecule has 0 amide bonds. The molecular weight excluding hydrogens is 454 g/mol. The third-order valence-corrected chi connectivity index (χ3v) is 7.60. The SMILES string of the molecule is O=C(c1ccc(OCCN2CCCCC2)cc1)c1c(C2=CC=CC=CC=C2)sc2cc(O)ccc12. The molecule has 35 heavy (non-hydrogen) atoms. The van der Waals surface area contributed by atoms with Gasteiger partial charge in [-0.15, -0.1) is 11.3 Å². The van der Waals surface area contributed by atoms with Crippen molar-refractivity contribution in [1.29, 1.82) is 0 Å². The number of phenolic OH excluding ortho intramolecular Hbond substituents is 1. The van der Waals surface area contributed by atoms with Gasteiger partial charge in [0, 0.05) is 32.6 Å². The predicted molar refractivity (Wildman–Crippen MR) is 145 cm³/mol. The van der Waals surface area contributed by atoms with Crippen LogP contribution in [0, 0.1) is 0 Å². The third-order valence-electron chi connectivity index (χ3n) is 6.40. The van der Waals surface area contributed by atoms with Crippen molar-refractivity contribution >= 4 is 32.8 Å². The standard InChI is InChI=1S/C30H29NO3S/c32-24-13-16-26-27(21-24)35-30(23-9-5-2-1-3-6-10-23)28(26)29(33)22-11-14-25(15-12-22)34-20-19-31-17-7-4-8-18-31/h1-3,5-6,9-16,21,32H,4,7-8,17-20H2. The van der Waals surface area contributed by atoms with E-state index in [2.05, 4.69) is 4.90 Å². The normalized spacial score (nSPS) is 16.2. The van der Waals surface area contributed by atoms with Gasteiger partial charge < -0.3 is 9.84 Å². The number of allylic oxidation sites excluding steroid dienone is 8. The molecule has 0 bridgehead atoms. The number of benzene rings is 2. The van der Waals surface area contributed by atoms with Crippen LogP contribution in [-0.4, -0.2) is 42.0 Å². The molecule has 1 aliphatic heterocycles. The van der Waals surface area contributed by atoms with Crippen LogP contribution in [0.5, 0.6) is 11.5 Å². The minimum Gasteiger partial charge on any atom is -0.508 e. The van der Waals surface area contributed by atoms with E-state index in [0.717, 1.165) is 45.9 Å². The van der Waals surface area contributed by atoms with E-state index in [1.54, 1.807) is 12.1 Å². The van der Waals surface area contributed by atoms with Crippen molar-refractivity contribution in [2.75, 3.05) is 26.2 Å². The number of rotatable bonds is 7. The molecule has 1 saturated heterocycles. The molecule has 4 nitrogen and oxygen atoms in total. The Labute approximate surface area is 210 Å². The summed E-state index contributed by atoms with van der Waals surface area (Å²) in [4.78, 5) is 17.1. The number of phenols is 1. The summed E-state index contributed by atoms with van der Waals surface area (Å²) in [5.74, 6) is 0.939. The molecular formula is C30H29NO3S. The maximum Gasteiger partial charge on any atom is 0.195 e. The second-order valence-electron chi connectivity index (χ2n) is 8.84. The highest BCUT2D eigenvalue weighted by Crippen LogP contribution is 2.39. The van der Waals surface area contributed by atoms with E-state index >= 15 is 0 Å². The number of carbonyl (C=O) groups excluding carboxylic acids is 1. The Bertz CT molecular complexity index is 1320. The Hall–Kier alpha value is -3.41. The van der Waals surface area contributed by atoms with Crippen molar-refractivity contribution in [1.82, 2.24) is 4.90 Å². The Morgan fingerprint density at radius 2 is 1.71 bits per heavy atom. The van der Waals surface area contributed by atoms with Crippen molar-refractivity contribution in [3.63, 3.8) is 0 Å². The molecule has 3 aromatic rings. The van der Waals surface area contributed by atoms with Crippen molar-refractivity contribution < 1.29 is 14.6 Å². The number of fused-ring (bicyclic) bond motifs is 1. The van der Waals surface area contributed by atoms with Crippen LogP contribution in [0.1, 0.15) is 40.1 Å². The fourth-order valence-corrected chi connectivity index (χ4v) is 5.79. The van der Waals surface area contributed by atoms with E-state index in [9.17, 15) is 9.90 Å². The van der Waals surface area contributed by atoms with Gasteiger partial charge in [0.15, 0.2) is 5.78 Å². The van der Waals surface area contributed by atoms with Gasteiger partial charge in [-0.2, -0.15) is 0 Å². The molecule has 0 radical (unpaired) electrons. The highest BCUT2D eigenvalue weighted by molar-refractivity contribution is 7.20. The topological polar surface area (TPSA) is 49.8 Å². The zero-order chi connectivity index (χ0) is 24.0. The Morgan fingerprint density at radius 3 is 2.54 bits per heavy atom. The predicted octanol–water partition coefficient (Wildman–Crippen LogP) is 6.77. The average molecular weight is 484 g/mol. The molecule has 0 spiro atoms. The van der Waals surface area contributed by atoms with E-state index in [0.29, 0.717) is 17.7 Å². The first-order valence-electron chi connectivity index (χ1n) is 12.2. The summed E-state index contributed by atoms with van der Waals surface area (Å²) < 4.78 is 6.84. The molecule has 178 valence electrons. The van der Waals surface area contributed by atoms with E-state index < -0.39 is 0 Å². The number of hydrogen-bond acceptors (Lipinski definition) is 5. The second kappa shape index (κ2) is 10.9. The van der Waals surface area contributed by atoms with Gasteiger partial charge in [-0.3, -0.25) is 9.69 Å². The first kappa shape index (κ1) is 23.3. The van der Waals surface area contributed by atoms with Crippen molar-refractivity contribution in [3.05, 3.63) is 101 Å². The highest BCUT2D eigenvalue weighted by Gasteiger charge is 2.22. The van der Waals surface area contributed by atoms with Gasteiger partial charge in [0.1, 0.15) is 18.1 Å². The van der Waals surface area contributed by atoms with Crippen LogP contribution in [0.15, 0.2) is 85.0 Å². The molecule has 0 atom stereocenters. The number of ether oxygens (including phenoxy) is 1. The molecule has 1 aliphatic carbocycles. The van der Waals surface area contributed by atoms with E-state index in [1.165, 1.54) is 30.6 Å². The number of likely N-dealkylation sites (tertiary alicyclic amines) is 1. The summed E-state index contributed by atoms with van der Waals surface area (Å²) >= 11 is 1.52.